The molecule has 12 heteroatoms. The van der Waals surface area contributed by atoms with Crippen molar-refractivity contribution in [2.45, 2.75) is 63.8 Å². The lowest BCUT2D eigenvalue weighted by Crippen LogP contribution is -2.54. The average molecular weight is 624 g/mol. The fraction of sp³-hybridized carbons (Fsp3) is 0.333. The normalized spacial score (nSPS) is 12.9. The standard InChI is InChI=1S/C30H33ClF3N3O4S/c1-20-10-9-11-22(16-20)18-36(21(2)28(39)35-29(3,4)5)27(38)19-37(42(40,41)24-12-7-6-8-13-24)23-14-15-26(31)25(17-23)30(32,33)34/h6-17,21H,18-19H2,1-5H3,(H,35,39). The first-order valence-electron chi connectivity index (χ1n) is 13.0. The van der Waals surface area contributed by atoms with Crippen LogP contribution in [-0.2, 0) is 32.3 Å². The summed E-state index contributed by atoms with van der Waals surface area (Å²) in [6.07, 6.45) is -4.88. The fourth-order valence-corrected chi connectivity index (χ4v) is 5.85. The van der Waals surface area contributed by atoms with Crippen LogP contribution in [0.2, 0.25) is 5.02 Å². The third kappa shape index (κ3) is 8.25. The van der Waals surface area contributed by atoms with Crippen LogP contribution in [0.15, 0.2) is 77.7 Å². The predicted octanol–water partition coefficient (Wildman–Crippen LogP) is 6.19. The van der Waals surface area contributed by atoms with E-state index in [1.54, 1.807) is 39.0 Å². The maximum Gasteiger partial charge on any atom is 0.417 e. The van der Waals surface area contributed by atoms with Gasteiger partial charge in [-0.15, -0.1) is 0 Å². The van der Waals surface area contributed by atoms with Crippen LogP contribution >= 0.6 is 11.6 Å². The van der Waals surface area contributed by atoms with Gasteiger partial charge < -0.3 is 10.2 Å². The molecule has 3 aromatic carbocycles. The number of amides is 2. The van der Waals surface area contributed by atoms with Gasteiger partial charge in [-0.25, -0.2) is 8.42 Å². The van der Waals surface area contributed by atoms with Crippen LogP contribution in [0.5, 0.6) is 0 Å². The topological polar surface area (TPSA) is 86.8 Å². The van der Waals surface area contributed by atoms with Crippen molar-refractivity contribution in [3.8, 4) is 0 Å². The zero-order valence-corrected chi connectivity index (χ0v) is 25.4. The number of sulfonamides is 1. The third-order valence-electron chi connectivity index (χ3n) is 6.25. The number of nitrogens with zero attached hydrogens (tertiary/aromatic N) is 2. The van der Waals surface area contributed by atoms with Crippen molar-refractivity contribution in [2.24, 2.45) is 0 Å². The van der Waals surface area contributed by atoms with Gasteiger partial charge in [-0.2, -0.15) is 13.2 Å². The van der Waals surface area contributed by atoms with Crippen molar-refractivity contribution in [1.82, 2.24) is 10.2 Å². The molecule has 0 radical (unpaired) electrons. The van der Waals surface area contributed by atoms with E-state index in [4.69, 9.17) is 11.6 Å². The van der Waals surface area contributed by atoms with Crippen molar-refractivity contribution in [3.05, 3.63) is 94.5 Å². The number of hydrogen-bond donors (Lipinski definition) is 1. The smallest absolute Gasteiger partial charge is 0.350 e. The average Bonchev–Trinajstić information content (AvgIpc) is 2.89. The SMILES string of the molecule is Cc1cccc(CN(C(=O)CN(c2ccc(Cl)c(C(F)(F)F)c2)S(=O)(=O)c2ccccc2)C(C)C(=O)NC(C)(C)C)c1. The summed E-state index contributed by atoms with van der Waals surface area (Å²) in [7, 11) is -4.54. The molecule has 0 aliphatic rings. The molecule has 1 atom stereocenters. The van der Waals surface area contributed by atoms with Crippen molar-refractivity contribution in [3.63, 3.8) is 0 Å². The molecule has 3 rings (SSSR count). The van der Waals surface area contributed by atoms with E-state index in [9.17, 15) is 31.2 Å². The molecular formula is C30H33ClF3N3O4S. The highest BCUT2D eigenvalue weighted by atomic mass is 35.5. The van der Waals surface area contributed by atoms with Crippen LogP contribution in [0.25, 0.3) is 0 Å². The zero-order chi connectivity index (χ0) is 31.5. The maximum atomic E-state index is 13.9. The summed E-state index contributed by atoms with van der Waals surface area (Å²) in [6, 6.07) is 15.9. The van der Waals surface area contributed by atoms with E-state index in [1.807, 2.05) is 19.1 Å². The molecule has 0 saturated heterocycles. The molecule has 0 aliphatic heterocycles. The van der Waals surface area contributed by atoms with E-state index in [2.05, 4.69) is 5.32 Å². The second-order valence-corrected chi connectivity index (χ2v) is 13.2. The van der Waals surface area contributed by atoms with Crippen molar-refractivity contribution < 1.29 is 31.2 Å². The Balaban J connectivity index is 2.12. The Morgan fingerprint density at radius 3 is 2.17 bits per heavy atom. The number of alkyl halides is 3. The first-order valence-corrected chi connectivity index (χ1v) is 14.8. The minimum absolute atomic E-state index is 0.0487. The first kappa shape index (κ1) is 32.9. The van der Waals surface area contributed by atoms with Crippen LogP contribution in [0.3, 0.4) is 0 Å². The van der Waals surface area contributed by atoms with E-state index in [0.29, 0.717) is 15.9 Å². The van der Waals surface area contributed by atoms with Gasteiger partial charge >= 0.3 is 6.18 Å². The van der Waals surface area contributed by atoms with Gasteiger partial charge in [0.25, 0.3) is 10.0 Å². The van der Waals surface area contributed by atoms with Crippen LogP contribution < -0.4 is 9.62 Å². The Bertz CT molecular complexity index is 1540. The molecule has 42 heavy (non-hydrogen) atoms. The molecule has 226 valence electrons. The lowest BCUT2D eigenvalue weighted by molar-refractivity contribution is -0.140. The number of carbonyl (C=O) groups is 2. The molecule has 0 heterocycles. The molecular weight excluding hydrogens is 591 g/mol. The molecule has 2 amide bonds. The number of anilines is 1. The van der Waals surface area contributed by atoms with Crippen molar-refractivity contribution in [2.75, 3.05) is 10.8 Å². The van der Waals surface area contributed by atoms with E-state index in [-0.39, 0.29) is 11.4 Å². The number of hydrogen-bond acceptors (Lipinski definition) is 4. The zero-order valence-electron chi connectivity index (χ0n) is 23.9. The molecule has 1 unspecified atom stereocenters. The lowest BCUT2D eigenvalue weighted by atomic mass is 10.1. The highest BCUT2D eigenvalue weighted by Gasteiger charge is 2.37. The Morgan fingerprint density at radius 2 is 1.60 bits per heavy atom. The van der Waals surface area contributed by atoms with Gasteiger partial charge in [0, 0.05) is 12.1 Å². The fourth-order valence-electron chi connectivity index (χ4n) is 4.20. The monoisotopic (exact) mass is 623 g/mol. The van der Waals surface area contributed by atoms with E-state index in [1.165, 1.54) is 36.1 Å². The van der Waals surface area contributed by atoms with E-state index in [0.717, 1.165) is 17.7 Å². The molecule has 0 bridgehead atoms. The summed E-state index contributed by atoms with van der Waals surface area (Å²) in [5.74, 6) is -1.28. The predicted molar refractivity (Wildman–Crippen MR) is 157 cm³/mol. The molecule has 0 aliphatic carbocycles. The number of nitrogens with one attached hydrogen (secondary N) is 1. The van der Waals surface area contributed by atoms with Crippen molar-refractivity contribution in [1.29, 1.82) is 0 Å². The molecule has 0 aromatic heterocycles. The highest BCUT2D eigenvalue weighted by Crippen LogP contribution is 2.38. The summed E-state index contributed by atoms with van der Waals surface area (Å²) < 4.78 is 69.4. The summed E-state index contributed by atoms with van der Waals surface area (Å²) >= 11 is 5.80. The number of rotatable bonds is 9. The van der Waals surface area contributed by atoms with Gasteiger partial charge in [-0.05, 0) is 70.5 Å². The summed E-state index contributed by atoms with van der Waals surface area (Å²) in [6.45, 7) is 7.76. The van der Waals surface area contributed by atoms with Gasteiger partial charge in [-0.3, -0.25) is 13.9 Å². The Hall–Kier alpha value is -3.57. The van der Waals surface area contributed by atoms with E-state index >= 15 is 0 Å². The minimum Gasteiger partial charge on any atom is -0.350 e. The summed E-state index contributed by atoms with van der Waals surface area (Å²) in [4.78, 5) is 28.1. The van der Waals surface area contributed by atoms with Crippen LogP contribution in [0.4, 0.5) is 18.9 Å². The first-order chi connectivity index (χ1) is 19.4. The van der Waals surface area contributed by atoms with Gasteiger partial charge in [-0.1, -0.05) is 59.6 Å². The van der Waals surface area contributed by atoms with E-state index < -0.39 is 62.4 Å². The second-order valence-electron chi connectivity index (χ2n) is 10.9. The Labute approximate surface area is 249 Å². The van der Waals surface area contributed by atoms with Crippen LogP contribution in [0, 0.1) is 6.92 Å². The maximum absolute atomic E-state index is 13.9. The lowest BCUT2D eigenvalue weighted by Gasteiger charge is -2.33. The van der Waals surface area contributed by atoms with Crippen LogP contribution in [0.1, 0.15) is 44.4 Å². The number of aryl methyl sites for hydroxylation is 1. The molecule has 3 aromatic rings. The molecule has 0 saturated carbocycles. The number of benzene rings is 3. The number of halogens is 4. The molecule has 1 N–H and O–H groups in total. The quantitative estimate of drug-likeness (QED) is 0.308. The Morgan fingerprint density at radius 1 is 0.952 bits per heavy atom. The second kappa shape index (κ2) is 12.7. The molecule has 0 spiro atoms. The van der Waals surface area contributed by atoms with Crippen molar-refractivity contribution >= 4 is 39.1 Å². The summed E-state index contributed by atoms with van der Waals surface area (Å²) in [5, 5.41) is 2.20. The minimum atomic E-state index is -4.88. The van der Waals surface area contributed by atoms with Gasteiger partial charge in [0.1, 0.15) is 12.6 Å². The number of carbonyl (C=O) groups excluding carboxylic acids is 2. The largest absolute Gasteiger partial charge is 0.417 e. The molecule has 0 fully saturated rings. The van der Waals surface area contributed by atoms with Crippen LogP contribution in [-0.4, -0.2) is 43.3 Å². The Kier molecular flexibility index (Phi) is 10.00. The highest BCUT2D eigenvalue weighted by molar-refractivity contribution is 7.92. The summed E-state index contributed by atoms with van der Waals surface area (Å²) in [5.41, 5.74) is -0.699. The van der Waals surface area contributed by atoms with Gasteiger partial charge in [0.2, 0.25) is 11.8 Å². The third-order valence-corrected chi connectivity index (χ3v) is 8.37. The van der Waals surface area contributed by atoms with Gasteiger partial charge in [0.15, 0.2) is 0 Å². The molecule has 7 nitrogen and oxygen atoms in total. The van der Waals surface area contributed by atoms with Gasteiger partial charge in [0.05, 0.1) is 21.2 Å².